The number of Topliss-reactive ketones (excluding diaryl/α,β-unsaturated/α-hetero) is 2. The fourth-order valence-corrected chi connectivity index (χ4v) is 2.89. The Kier molecular flexibility index (Phi) is 4.44. The molecule has 0 radical (unpaired) electrons. The van der Waals surface area contributed by atoms with E-state index in [0.29, 0.717) is 0 Å². The Bertz CT molecular complexity index is 854. The summed E-state index contributed by atoms with van der Waals surface area (Å²) in [5.41, 5.74) is 0.982. The summed E-state index contributed by atoms with van der Waals surface area (Å²) in [4.78, 5) is 24.2. The van der Waals surface area contributed by atoms with Gasteiger partial charge in [0, 0.05) is 6.92 Å². The van der Waals surface area contributed by atoms with E-state index >= 15 is 0 Å². The summed E-state index contributed by atoms with van der Waals surface area (Å²) in [5.74, 6) is -1.13. The van der Waals surface area contributed by atoms with Crippen molar-refractivity contribution in [1.82, 2.24) is 4.57 Å². The van der Waals surface area contributed by atoms with Crippen molar-refractivity contribution in [3.8, 4) is 0 Å². The lowest BCUT2D eigenvalue weighted by atomic mass is 10.1. The van der Waals surface area contributed by atoms with Gasteiger partial charge in [-0.05, 0) is 31.5 Å². The van der Waals surface area contributed by atoms with Crippen LogP contribution in [0.25, 0.3) is 0 Å². The number of carbonyl (C=O) groups is 2. The van der Waals surface area contributed by atoms with E-state index in [1.54, 1.807) is 13.8 Å². The summed E-state index contributed by atoms with van der Waals surface area (Å²) in [6.45, 7) is 4.68. The Morgan fingerprint density at radius 3 is 2.40 bits per heavy atom. The van der Waals surface area contributed by atoms with E-state index in [1.165, 1.54) is 23.6 Å². The van der Waals surface area contributed by atoms with Gasteiger partial charge in [-0.15, -0.1) is 0 Å². The minimum Gasteiger partial charge on any atom is -0.448 e. The predicted octanol–water partition coefficient (Wildman–Crippen LogP) is 3.61. The standard InChI is InChI=1S/C19H18FNO4/c1-11(14-7-5-4-6-8-14)21-15(9-10-16(21)20)17(23)19-24-13(3)18(25-19)12(2)22/h4-11,19H,1-3H3/t11-,19?/m1/s1. The average Bonchev–Trinajstić information content (AvgIpc) is 3.17. The molecule has 6 heteroatoms. The van der Waals surface area contributed by atoms with Crippen molar-refractivity contribution in [1.29, 1.82) is 0 Å². The number of allylic oxidation sites excluding steroid dienone is 2. The van der Waals surface area contributed by atoms with E-state index in [-0.39, 0.29) is 23.0 Å². The molecule has 2 aromatic rings. The van der Waals surface area contributed by atoms with Crippen LogP contribution >= 0.6 is 0 Å². The first-order valence-corrected chi connectivity index (χ1v) is 7.91. The lowest BCUT2D eigenvalue weighted by Crippen LogP contribution is -2.27. The second-order valence-electron chi connectivity index (χ2n) is 5.87. The van der Waals surface area contributed by atoms with E-state index in [2.05, 4.69) is 0 Å². The van der Waals surface area contributed by atoms with Gasteiger partial charge < -0.3 is 14.0 Å². The molecular weight excluding hydrogens is 325 g/mol. The number of ether oxygens (including phenoxy) is 2. The Morgan fingerprint density at radius 2 is 1.80 bits per heavy atom. The van der Waals surface area contributed by atoms with Crippen LogP contribution in [-0.4, -0.2) is 22.4 Å². The highest BCUT2D eigenvalue weighted by Crippen LogP contribution is 2.28. The molecule has 0 amide bonds. The smallest absolute Gasteiger partial charge is 0.307 e. The van der Waals surface area contributed by atoms with Crippen LogP contribution in [0.4, 0.5) is 4.39 Å². The van der Waals surface area contributed by atoms with E-state index in [9.17, 15) is 14.0 Å². The summed E-state index contributed by atoms with van der Waals surface area (Å²) < 4.78 is 26.3. The summed E-state index contributed by atoms with van der Waals surface area (Å²) in [6, 6.07) is 11.5. The van der Waals surface area contributed by atoms with Gasteiger partial charge in [-0.1, -0.05) is 30.3 Å². The number of aromatic nitrogens is 1. The zero-order valence-corrected chi connectivity index (χ0v) is 14.2. The molecule has 25 heavy (non-hydrogen) atoms. The maximum atomic E-state index is 14.3. The van der Waals surface area contributed by atoms with Gasteiger partial charge in [0.25, 0.3) is 5.78 Å². The van der Waals surface area contributed by atoms with Crippen LogP contribution in [0.5, 0.6) is 0 Å². The molecular formula is C19H18FNO4. The van der Waals surface area contributed by atoms with Crippen LogP contribution in [-0.2, 0) is 14.3 Å². The van der Waals surface area contributed by atoms with E-state index in [1.807, 2.05) is 30.3 Å². The molecule has 5 nitrogen and oxygen atoms in total. The van der Waals surface area contributed by atoms with Crippen molar-refractivity contribution in [3.05, 3.63) is 71.2 Å². The zero-order chi connectivity index (χ0) is 18.1. The second kappa shape index (κ2) is 6.55. The highest BCUT2D eigenvalue weighted by molar-refractivity contribution is 5.99. The van der Waals surface area contributed by atoms with Crippen LogP contribution in [0.3, 0.4) is 0 Å². The fourth-order valence-electron chi connectivity index (χ4n) is 2.89. The Labute approximate surface area is 144 Å². The molecule has 1 aromatic heterocycles. The number of halogens is 1. The number of rotatable bonds is 5. The van der Waals surface area contributed by atoms with Gasteiger partial charge in [0.1, 0.15) is 5.76 Å². The molecule has 0 bridgehead atoms. The summed E-state index contributed by atoms with van der Waals surface area (Å²) in [6.07, 6.45) is -1.28. The van der Waals surface area contributed by atoms with Gasteiger partial charge >= 0.3 is 6.29 Å². The van der Waals surface area contributed by atoms with Gasteiger partial charge in [-0.3, -0.25) is 9.59 Å². The van der Waals surface area contributed by atoms with Crippen LogP contribution in [0.2, 0.25) is 0 Å². The number of benzene rings is 1. The third-order valence-corrected chi connectivity index (χ3v) is 4.15. The van der Waals surface area contributed by atoms with E-state index < -0.39 is 24.1 Å². The van der Waals surface area contributed by atoms with E-state index in [0.717, 1.165) is 5.56 Å². The van der Waals surface area contributed by atoms with Gasteiger partial charge in [-0.25, -0.2) is 0 Å². The molecule has 1 unspecified atom stereocenters. The van der Waals surface area contributed by atoms with Crippen molar-refractivity contribution >= 4 is 11.6 Å². The highest BCUT2D eigenvalue weighted by Gasteiger charge is 2.36. The van der Waals surface area contributed by atoms with Gasteiger partial charge in [0.2, 0.25) is 5.76 Å². The lowest BCUT2D eigenvalue weighted by molar-refractivity contribution is -0.118. The van der Waals surface area contributed by atoms with Crippen LogP contribution < -0.4 is 0 Å². The SMILES string of the molecule is CC(=O)C1=C(C)OC(C(=O)c2ccc(F)n2[C@H](C)c2ccccc2)O1. The highest BCUT2D eigenvalue weighted by atomic mass is 19.1. The number of carbonyl (C=O) groups excluding carboxylic acids is 2. The quantitative estimate of drug-likeness (QED) is 0.778. The Hall–Kier alpha value is -2.89. The summed E-state index contributed by atoms with van der Waals surface area (Å²) in [5, 5.41) is 0. The molecule has 0 spiro atoms. The van der Waals surface area contributed by atoms with Crippen molar-refractivity contribution in [2.45, 2.75) is 33.1 Å². The molecule has 2 atom stereocenters. The predicted molar refractivity (Wildman–Crippen MR) is 88.3 cm³/mol. The molecule has 130 valence electrons. The normalized spacial score (nSPS) is 17.8. The third kappa shape index (κ3) is 3.07. The van der Waals surface area contributed by atoms with Crippen LogP contribution in [0.15, 0.2) is 54.0 Å². The van der Waals surface area contributed by atoms with Crippen molar-refractivity contribution in [3.63, 3.8) is 0 Å². The zero-order valence-electron chi connectivity index (χ0n) is 14.2. The topological polar surface area (TPSA) is 57.5 Å². The molecule has 0 saturated carbocycles. The summed E-state index contributed by atoms with van der Waals surface area (Å²) in [7, 11) is 0. The first kappa shape index (κ1) is 17.0. The van der Waals surface area contributed by atoms with Gasteiger partial charge in [0.15, 0.2) is 11.7 Å². The molecule has 1 aliphatic heterocycles. The lowest BCUT2D eigenvalue weighted by Gasteiger charge is -2.19. The molecule has 0 fully saturated rings. The number of hydrogen-bond donors (Lipinski definition) is 0. The van der Waals surface area contributed by atoms with Crippen LogP contribution in [0, 0.1) is 5.95 Å². The molecule has 0 saturated heterocycles. The minimum atomic E-state index is -1.28. The van der Waals surface area contributed by atoms with E-state index in [4.69, 9.17) is 9.47 Å². The number of nitrogens with zero attached hydrogens (tertiary/aromatic N) is 1. The van der Waals surface area contributed by atoms with Crippen molar-refractivity contribution in [2.75, 3.05) is 0 Å². The summed E-state index contributed by atoms with van der Waals surface area (Å²) >= 11 is 0. The fraction of sp³-hybridized carbons (Fsp3) is 0.263. The second-order valence-corrected chi connectivity index (χ2v) is 5.87. The monoisotopic (exact) mass is 343 g/mol. The first-order chi connectivity index (χ1) is 11.9. The maximum absolute atomic E-state index is 14.3. The van der Waals surface area contributed by atoms with Crippen molar-refractivity contribution < 1.29 is 23.5 Å². The molecule has 2 heterocycles. The average molecular weight is 343 g/mol. The molecule has 0 aliphatic carbocycles. The van der Waals surface area contributed by atoms with Crippen LogP contribution in [0.1, 0.15) is 42.9 Å². The molecule has 1 aromatic carbocycles. The van der Waals surface area contributed by atoms with Crippen molar-refractivity contribution in [2.24, 2.45) is 0 Å². The first-order valence-electron chi connectivity index (χ1n) is 7.91. The molecule has 3 rings (SSSR count). The third-order valence-electron chi connectivity index (χ3n) is 4.15. The number of ketones is 2. The molecule has 0 N–H and O–H groups in total. The maximum Gasteiger partial charge on any atom is 0.307 e. The Balaban J connectivity index is 1.90. The minimum absolute atomic E-state index is 0.0213. The largest absolute Gasteiger partial charge is 0.448 e. The van der Waals surface area contributed by atoms with Gasteiger partial charge in [-0.2, -0.15) is 4.39 Å². The molecule has 1 aliphatic rings. The Morgan fingerprint density at radius 1 is 1.12 bits per heavy atom. The van der Waals surface area contributed by atoms with Gasteiger partial charge in [0.05, 0.1) is 11.7 Å². The number of hydrogen-bond acceptors (Lipinski definition) is 4.